The molecule has 0 aromatic heterocycles. The Hall–Kier alpha value is -2.16. The van der Waals surface area contributed by atoms with Crippen LogP contribution in [0.1, 0.15) is 26.3 Å². The molecule has 2 rings (SSSR count). The van der Waals surface area contributed by atoms with Gasteiger partial charge in [0.1, 0.15) is 5.60 Å². The van der Waals surface area contributed by atoms with Crippen molar-refractivity contribution in [2.45, 2.75) is 45.2 Å². The topological polar surface area (TPSA) is 88.1 Å². The third-order valence-electron chi connectivity index (χ3n) is 3.41. The average molecular weight is 285 g/mol. The smallest absolute Gasteiger partial charge is 0.407 e. The van der Waals surface area contributed by atoms with Gasteiger partial charge in [-0.25, -0.2) is 10.1 Å². The summed E-state index contributed by atoms with van der Waals surface area (Å²) in [5, 5.41) is 12.2. The quantitative estimate of drug-likeness (QED) is 0.604. The Morgan fingerprint density at radius 2 is 2.24 bits per heavy atom. The third-order valence-corrected chi connectivity index (χ3v) is 3.41. The molecule has 0 saturated heterocycles. The van der Waals surface area contributed by atoms with E-state index in [4.69, 9.17) is 10.5 Å². The van der Waals surface area contributed by atoms with Crippen molar-refractivity contribution in [1.82, 2.24) is 5.32 Å². The second-order valence-corrected chi connectivity index (χ2v) is 6.42. The lowest BCUT2D eigenvalue weighted by Gasteiger charge is -2.28. The van der Waals surface area contributed by atoms with E-state index in [9.17, 15) is 10.1 Å². The molecule has 1 aliphatic heterocycles. The van der Waals surface area contributed by atoms with E-state index in [0.717, 1.165) is 11.0 Å². The summed E-state index contributed by atoms with van der Waals surface area (Å²) < 4.78 is 5.26. The van der Waals surface area contributed by atoms with Gasteiger partial charge >= 0.3 is 12.8 Å². The molecule has 0 aliphatic carbocycles. The van der Waals surface area contributed by atoms with Gasteiger partial charge in [-0.05, 0) is 45.6 Å². The first-order chi connectivity index (χ1) is 9.78. The molecule has 21 heavy (non-hydrogen) atoms. The number of nitriles is 1. The maximum Gasteiger partial charge on any atom is 0.407 e. The van der Waals surface area contributed by atoms with E-state index >= 15 is 0 Å². The van der Waals surface area contributed by atoms with Gasteiger partial charge in [-0.1, -0.05) is 17.1 Å². The lowest BCUT2D eigenvalue weighted by molar-refractivity contribution is 0.0508. The van der Waals surface area contributed by atoms with Crippen molar-refractivity contribution in [2.75, 3.05) is 5.73 Å². The van der Waals surface area contributed by atoms with Crippen LogP contribution < -0.4 is 16.5 Å². The van der Waals surface area contributed by atoms with Crippen molar-refractivity contribution in [3.8, 4) is 5.97 Å². The molecule has 6 heteroatoms. The van der Waals surface area contributed by atoms with Crippen molar-refractivity contribution >= 4 is 24.0 Å². The normalized spacial score (nSPS) is 17.6. The van der Waals surface area contributed by atoms with Crippen LogP contribution in [0.4, 0.5) is 10.5 Å². The minimum Gasteiger partial charge on any atom is -0.444 e. The number of nitrogen functional groups attached to an aromatic ring is 1. The Bertz CT molecular complexity index is 590. The Kier molecular flexibility index (Phi) is 4.12. The van der Waals surface area contributed by atoms with Gasteiger partial charge in [-0.15, -0.1) is 0 Å². The summed E-state index contributed by atoms with van der Waals surface area (Å²) in [6, 6.07) is 5.51. The number of carbonyl (C=O) groups is 1. The highest BCUT2D eigenvalue weighted by atomic mass is 16.6. The zero-order chi connectivity index (χ0) is 15.6. The van der Waals surface area contributed by atoms with Crippen LogP contribution in [-0.4, -0.2) is 24.4 Å². The van der Waals surface area contributed by atoms with Crippen LogP contribution in [0.3, 0.4) is 0 Å². The van der Waals surface area contributed by atoms with Gasteiger partial charge in [0.05, 0.1) is 0 Å². The number of ether oxygens (including phenoxy) is 1. The number of hydrogen-bond acceptors (Lipinski definition) is 4. The van der Waals surface area contributed by atoms with E-state index in [1.807, 2.05) is 39.0 Å². The van der Waals surface area contributed by atoms with E-state index < -0.39 is 11.7 Å². The molecule has 1 aromatic carbocycles. The van der Waals surface area contributed by atoms with Crippen molar-refractivity contribution < 1.29 is 9.53 Å². The number of hydrogen-bond donors (Lipinski definition) is 2. The Labute approximate surface area is 125 Å². The average Bonchev–Trinajstić information content (AvgIpc) is 2.36. The number of amides is 1. The van der Waals surface area contributed by atoms with Crippen LogP contribution in [0.25, 0.3) is 0 Å². The fourth-order valence-electron chi connectivity index (χ4n) is 2.59. The number of fused-ring (bicyclic) bond motifs is 1. The Morgan fingerprint density at radius 1 is 1.52 bits per heavy atom. The molecule has 5 nitrogen and oxygen atoms in total. The predicted molar refractivity (Wildman–Crippen MR) is 83.5 cm³/mol. The number of nitrogens with one attached hydrogen (secondary N) is 1. The van der Waals surface area contributed by atoms with E-state index in [0.29, 0.717) is 18.4 Å². The number of anilines is 1. The second-order valence-electron chi connectivity index (χ2n) is 6.42. The zero-order valence-electron chi connectivity index (χ0n) is 12.6. The first-order valence-corrected chi connectivity index (χ1v) is 7.06. The number of carbonyl (C=O) groups excluding carboxylic acids is 1. The van der Waals surface area contributed by atoms with Crippen molar-refractivity contribution in [1.29, 1.82) is 5.26 Å². The molecule has 1 unspecified atom stereocenters. The minimum absolute atomic E-state index is 0.0966. The predicted octanol–water partition coefficient (Wildman–Crippen LogP) is 1.48. The maximum absolute atomic E-state index is 11.9. The minimum atomic E-state index is -0.528. The van der Waals surface area contributed by atoms with Gasteiger partial charge in [-0.3, -0.25) is 0 Å². The molecule has 1 atom stereocenters. The van der Waals surface area contributed by atoms with Crippen LogP contribution in [-0.2, 0) is 11.2 Å². The van der Waals surface area contributed by atoms with Crippen LogP contribution in [0.2, 0.25) is 6.32 Å². The summed E-state index contributed by atoms with van der Waals surface area (Å²) in [6.07, 6.45) is 0.822. The number of rotatable bonds is 1. The van der Waals surface area contributed by atoms with Crippen LogP contribution in [0.15, 0.2) is 18.2 Å². The van der Waals surface area contributed by atoms with Gasteiger partial charge in [0, 0.05) is 17.7 Å². The van der Waals surface area contributed by atoms with Crippen molar-refractivity contribution in [3.63, 3.8) is 0 Å². The number of nitrogens with zero attached hydrogens (tertiary/aromatic N) is 1. The van der Waals surface area contributed by atoms with Crippen LogP contribution >= 0.6 is 0 Å². The second kappa shape index (κ2) is 5.68. The SMILES string of the molecule is CC(C)(C)OC(=O)NC1CB(C#N)c2cc(N)ccc2C1. The molecule has 0 radical (unpaired) electrons. The summed E-state index contributed by atoms with van der Waals surface area (Å²) in [5.74, 6) is 2.29. The summed E-state index contributed by atoms with van der Waals surface area (Å²) >= 11 is 0. The van der Waals surface area contributed by atoms with Crippen LogP contribution in [0, 0.1) is 11.2 Å². The number of benzene rings is 1. The van der Waals surface area contributed by atoms with E-state index in [2.05, 4.69) is 11.3 Å². The van der Waals surface area contributed by atoms with Crippen molar-refractivity contribution in [3.05, 3.63) is 23.8 Å². The molecule has 0 saturated carbocycles. The standard InChI is InChI=1S/C15H20BN3O2/c1-15(2,3)21-14(20)19-12-6-10-4-5-11(18)7-13(10)16(8-12)9-17/h4-5,7,12H,6,8,18H2,1-3H3,(H,19,20). The summed E-state index contributed by atoms with van der Waals surface area (Å²) in [4.78, 5) is 11.9. The molecule has 1 heterocycles. The van der Waals surface area contributed by atoms with Gasteiger partial charge in [0.15, 0.2) is 0 Å². The molecule has 1 amide bonds. The molecule has 1 aliphatic rings. The zero-order valence-corrected chi connectivity index (χ0v) is 12.6. The molecular weight excluding hydrogens is 265 g/mol. The van der Waals surface area contributed by atoms with Crippen molar-refractivity contribution in [2.24, 2.45) is 0 Å². The molecule has 0 bridgehead atoms. The largest absolute Gasteiger partial charge is 0.444 e. The summed E-state index contributed by atoms with van der Waals surface area (Å²) in [7, 11) is 0. The molecule has 110 valence electrons. The molecule has 1 aromatic rings. The number of nitrogens with two attached hydrogens (primary N) is 1. The highest BCUT2D eigenvalue weighted by Crippen LogP contribution is 2.18. The first-order valence-electron chi connectivity index (χ1n) is 7.06. The van der Waals surface area contributed by atoms with E-state index in [-0.39, 0.29) is 12.8 Å². The van der Waals surface area contributed by atoms with Gasteiger partial charge < -0.3 is 15.8 Å². The fourth-order valence-corrected chi connectivity index (χ4v) is 2.59. The van der Waals surface area contributed by atoms with Gasteiger partial charge in [-0.2, -0.15) is 0 Å². The highest BCUT2D eigenvalue weighted by Gasteiger charge is 2.32. The molecule has 3 N–H and O–H groups in total. The van der Waals surface area contributed by atoms with E-state index in [1.54, 1.807) is 0 Å². The Balaban J connectivity index is 2.11. The van der Waals surface area contributed by atoms with E-state index in [1.165, 1.54) is 0 Å². The Morgan fingerprint density at radius 3 is 2.86 bits per heavy atom. The van der Waals surface area contributed by atoms with Gasteiger partial charge in [0.25, 0.3) is 0 Å². The highest BCUT2D eigenvalue weighted by molar-refractivity contribution is 6.80. The third kappa shape index (κ3) is 3.91. The van der Waals surface area contributed by atoms with Gasteiger partial charge in [0.2, 0.25) is 0 Å². The lowest BCUT2D eigenvalue weighted by atomic mass is 9.39. The lowest BCUT2D eigenvalue weighted by Crippen LogP contribution is -2.49. The molecule has 0 spiro atoms. The molecular formula is C15H20BN3O2. The maximum atomic E-state index is 11.9. The van der Waals surface area contributed by atoms with Crippen LogP contribution in [0.5, 0.6) is 0 Å². The number of alkyl carbamates (subject to hydrolysis) is 1. The molecule has 0 fully saturated rings. The monoisotopic (exact) mass is 285 g/mol. The fraction of sp³-hybridized carbons (Fsp3) is 0.467. The summed E-state index contributed by atoms with van der Waals surface area (Å²) in [5.41, 5.74) is 7.95. The first kappa shape index (κ1) is 15.2. The summed E-state index contributed by atoms with van der Waals surface area (Å²) in [6.45, 7) is 5.22.